The average Bonchev–Trinajstić information content (AvgIpc) is 3.36. The number of ether oxygens (including phenoxy) is 1. The first-order valence-electron chi connectivity index (χ1n) is 11.2. The van der Waals surface area contributed by atoms with Crippen LogP contribution in [0.15, 0.2) is 75.7 Å². The molecule has 5 rings (SSSR count). The molecule has 11 heteroatoms. The van der Waals surface area contributed by atoms with Crippen molar-refractivity contribution in [2.45, 2.75) is 19.0 Å². The summed E-state index contributed by atoms with van der Waals surface area (Å²) in [6, 6.07) is 16.9. The summed E-state index contributed by atoms with van der Waals surface area (Å²) in [5, 5.41) is 13.1. The van der Waals surface area contributed by atoms with E-state index < -0.39 is 22.9 Å². The van der Waals surface area contributed by atoms with Gasteiger partial charge in [0.05, 0.1) is 34.9 Å². The van der Waals surface area contributed by atoms with E-state index >= 15 is 0 Å². The lowest BCUT2D eigenvalue weighted by Crippen LogP contribution is -2.46. The molecule has 3 aromatic carbocycles. The zero-order chi connectivity index (χ0) is 25.6. The van der Waals surface area contributed by atoms with E-state index in [1.165, 1.54) is 17.0 Å². The molecule has 184 valence electrons. The van der Waals surface area contributed by atoms with E-state index in [0.717, 1.165) is 4.47 Å². The highest BCUT2D eigenvalue weighted by Gasteiger charge is 2.59. The number of nitrogens with one attached hydrogen (secondary N) is 1. The van der Waals surface area contributed by atoms with Crippen LogP contribution in [0.5, 0.6) is 5.75 Å². The number of hydrazine groups is 1. The standard InChI is InChI=1S/C25H20Br2N4O5/c1-2-36-18-9-7-16(8-10-18)29-24(32)21-22(14-4-3-5-17(12-14)31(34)35)28-30(23(21)25(29)33)20-11-6-15(26)13-19(20)27/h3-13,21-23,28H,2H2,1H3. The van der Waals surface area contributed by atoms with Gasteiger partial charge < -0.3 is 4.74 Å². The van der Waals surface area contributed by atoms with Gasteiger partial charge in [0.25, 0.3) is 11.6 Å². The topological polar surface area (TPSA) is 105 Å². The third-order valence-electron chi connectivity index (χ3n) is 6.25. The maximum Gasteiger partial charge on any atom is 0.269 e. The monoisotopic (exact) mass is 614 g/mol. The third-order valence-corrected chi connectivity index (χ3v) is 7.38. The Hall–Kier alpha value is -3.28. The molecule has 2 aliphatic heterocycles. The van der Waals surface area contributed by atoms with Gasteiger partial charge in [-0.25, -0.2) is 10.3 Å². The Labute approximate surface area is 223 Å². The van der Waals surface area contributed by atoms with Crippen LogP contribution in [0, 0.1) is 16.0 Å². The third kappa shape index (κ3) is 4.16. The summed E-state index contributed by atoms with van der Waals surface area (Å²) >= 11 is 6.99. The summed E-state index contributed by atoms with van der Waals surface area (Å²) in [4.78, 5) is 39.7. The minimum absolute atomic E-state index is 0.0886. The van der Waals surface area contributed by atoms with E-state index in [9.17, 15) is 19.7 Å². The molecule has 9 nitrogen and oxygen atoms in total. The Kier molecular flexibility index (Phi) is 6.54. The fraction of sp³-hybridized carbons (Fsp3) is 0.200. The molecule has 0 radical (unpaired) electrons. The predicted octanol–water partition coefficient (Wildman–Crippen LogP) is 5.14. The lowest BCUT2D eigenvalue weighted by Gasteiger charge is -2.27. The first-order chi connectivity index (χ1) is 17.3. The van der Waals surface area contributed by atoms with E-state index in [0.29, 0.717) is 33.8 Å². The molecular formula is C25H20Br2N4O5. The van der Waals surface area contributed by atoms with Gasteiger partial charge in [0.15, 0.2) is 0 Å². The molecule has 1 N–H and O–H groups in total. The molecule has 2 saturated heterocycles. The Morgan fingerprint density at radius 2 is 1.78 bits per heavy atom. The highest BCUT2D eigenvalue weighted by molar-refractivity contribution is 9.11. The van der Waals surface area contributed by atoms with Crippen molar-refractivity contribution in [2.24, 2.45) is 5.92 Å². The second-order valence-corrected chi connectivity index (χ2v) is 10.1. The SMILES string of the molecule is CCOc1ccc(N2C(=O)C3C(c4cccc([N+](=O)[O-])c4)NN(c4ccc(Br)cc4Br)C3C2=O)cc1. The van der Waals surface area contributed by atoms with E-state index in [1.54, 1.807) is 41.4 Å². The molecule has 3 aromatic rings. The fourth-order valence-electron chi connectivity index (χ4n) is 4.71. The molecule has 0 aromatic heterocycles. The van der Waals surface area contributed by atoms with Crippen LogP contribution in [0.2, 0.25) is 0 Å². The number of nitro groups is 1. The number of carbonyl (C=O) groups excluding carboxylic acids is 2. The van der Waals surface area contributed by atoms with Crippen LogP contribution in [0.3, 0.4) is 0 Å². The van der Waals surface area contributed by atoms with Gasteiger partial charge in [0.1, 0.15) is 11.8 Å². The smallest absolute Gasteiger partial charge is 0.269 e. The van der Waals surface area contributed by atoms with Gasteiger partial charge >= 0.3 is 0 Å². The van der Waals surface area contributed by atoms with Crippen molar-refractivity contribution >= 4 is 60.7 Å². The quantitative estimate of drug-likeness (QED) is 0.232. The molecule has 2 amide bonds. The number of rotatable bonds is 6. The van der Waals surface area contributed by atoms with Crippen LogP contribution >= 0.6 is 31.9 Å². The highest BCUT2D eigenvalue weighted by atomic mass is 79.9. The maximum atomic E-state index is 13.8. The molecular weight excluding hydrogens is 596 g/mol. The number of imide groups is 1. The Balaban J connectivity index is 1.59. The van der Waals surface area contributed by atoms with Gasteiger partial charge in [-0.2, -0.15) is 0 Å². The van der Waals surface area contributed by atoms with Crippen molar-refractivity contribution in [3.63, 3.8) is 0 Å². The zero-order valence-corrected chi connectivity index (χ0v) is 22.1. The number of halogens is 2. The van der Waals surface area contributed by atoms with Crippen molar-refractivity contribution < 1.29 is 19.2 Å². The van der Waals surface area contributed by atoms with Gasteiger partial charge in [-0.05, 0) is 70.9 Å². The van der Waals surface area contributed by atoms with Gasteiger partial charge in [-0.1, -0.05) is 28.1 Å². The molecule has 2 fully saturated rings. The molecule has 36 heavy (non-hydrogen) atoms. The molecule has 0 aliphatic carbocycles. The number of non-ortho nitro benzene ring substituents is 1. The van der Waals surface area contributed by atoms with Crippen LogP contribution in [0.4, 0.5) is 17.1 Å². The second kappa shape index (κ2) is 9.64. The van der Waals surface area contributed by atoms with Gasteiger partial charge in [-0.3, -0.25) is 24.7 Å². The van der Waals surface area contributed by atoms with Gasteiger partial charge in [0.2, 0.25) is 5.91 Å². The minimum Gasteiger partial charge on any atom is -0.494 e. The number of carbonyl (C=O) groups is 2. The summed E-state index contributed by atoms with van der Waals surface area (Å²) in [5.41, 5.74) is 4.85. The van der Waals surface area contributed by atoms with Crippen LogP contribution in [-0.2, 0) is 9.59 Å². The van der Waals surface area contributed by atoms with Gasteiger partial charge in [-0.15, -0.1) is 0 Å². The second-order valence-electron chi connectivity index (χ2n) is 8.33. The molecule has 0 saturated carbocycles. The lowest BCUT2D eigenvalue weighted by molar-refractivity contribution is -0.384. The number of amides is 2. The largest absolute Gasteiger partial charge is 0.494 e. The number of anilines is 2. The Morgan fingerprint density at radius 3 is 2.44 bits per heavy atom. The number of fused-ring (bicyclic) bond motifs is 1. The molecule has 0 bridgehead atoms. The molecule has 3 atom stereocenters. The van der Waals surface area contributed by atoms with Crippen molar-refractivity contribution in [1.29, 1.82) is 0 Å². The normalized spacial score (nSPS) is 21.1. The summed E-state index contributed by atoms with van der Waals surface area (Å²) < 4.78 is 7.04. The average molecular weight is 616 g/mol. The first-order valence-corrected chi connectivity index (χ1v) is 12.7. The van der Waals surface area contributed by atoms with E-state index in [-0.39, 0.29) is 17.5 Å². The minimum atomic E-state index is -0.856. The number of nitro benzene ring substituents is 1. The van der Waals surface area contributed by atoms with Gasteiger partial charge in [0, 0.05) is 21.1 Å². The van der Waals surface area contributed by atoms with Crippen molar-refractivity contribution in [3.8, 4) is 5.75 Å². The Bertz CT molecular complexity index is 1370. The van der Waals surface area contributed by atoms with Crippen LogP contribution < -0.4 is 20.1 Å². The predicted molar refractivity (Wildman–Crippen MR) is 141 cm³/mol. The van der Waals surface area contributed by atoms with Crippen LogP contribution in [-0.4, -0.2) is 29.4 Å². The van der Waals surface area contributed by atoms with Crippen molar-refractivity contribution in [1.82, 2.24) is 5.43 Å². The summed E-state index contributed by atoms with van der Waals surface area (Å²) in [5.74, 6) is -0.933. The van der Waals surface area contributed by atoms with E-state index in [2.05, 4.69) is 37.3 Å². The first kappa shape index (κ1) is 24.4. The molecule has 2 heterocycles. The molecule has 0 spiro atoms. The Morgan fingerprint density at radius 1 is 1.03 bits per heavy atom. The highest BCUT2D eigenvalue weighted by Crippen LogP contribution is 2.45. The number of nitrogens with zero attached hydrogens (tertiary/aromatic N) is 3. The fourth-order valence-corrected chi connectivity index (χ4v) is 5.95. The zero-order valence-electron chi connectivity index (χ0n) is 18.9. The summed E-state index contributed by atoms with van der Waals surface area (Å²) in [7, 11) is 0. The van der Waals surface area contributed by atoms with Crippen LogP contribution in [0.1, 0.15) is 18.5 Å². The van der Waals surface area contributed by atoms with E-state index in [4.69, 9.17) is 4.74 Å². The maximum absolute atomic E-state index is 13.8. The number of benzene rings is 3. The molecule has 3 unspecified atom stereocenters. The van der Waals surface area contributed by atoms with E-state index in [1.807, 2.05) is 25.1 Å². The number of hydrogen-bond acceptors (Lipinski definition) is 7. The van der Waals surface area contributed by atoms with Crippen LogP contribution in [0.25, 0.3) is 0 Å². The lowest BCUT2D eigenvalue weighted by atomic mass is 9.90. The van der Waals surface area contributed by atoms with Crippen molar-refractivity contribution in [3.05, 3.63) is 91.4 Å². The summed E-state index contributed by atoms with van der Waals surface area (Å²) in [6.45, 7) is 2.37. The number of hydrogen-bond donors (Lipinski definition) is 1. The summed E-state index contributed by atoms with van der Waals surface area (Å²) in [6.07, 6.45) is 0. The van der Waals surface area contributed by atoms with Crippen molar-refractivity contribution in [2.75, 3.05) is 16.5 Å². The molecule has 2 aliphatic rings.